The fourth-order valence-corrected chi connectivity index (χ4v) is 1.91. The molecule has 0 aliphatic carbocycles. The van der Waals surface area contributed by atoms with Gasteiger partial charge in [-0.15, -0.1) is 0 Å². The van der Waals surface area contributed by atoms with E-state index in [4.69, 9.17) is 9.07 Å². The van der Waals surface area contributed by atoms with E-state index >= 15 is 0 Å². The van der Waals surface area contributed by atoms with Crippen molar-refractivity contribution in [3.63, 3.8) is 0 Å². The maximum atomic E-state index is 11.2. The number of benzene rings is 1. The summed E-state index contributed by atoms with van der Waals surface area (Å²) in [6.07, 6.45) is 0. The van der Waals surface area contributed by atoms with Gasteiger partial charge < -0.3 is 9.07 Å². The molecule has 0 atom stereocenters. The number of aromatic amines is 1. The van der Waals surface area contributed by atoms with Gasteiger partial charge in [-0.2, -0.15) is 0 Å². The molecular weight excluding hydrogens is 253 g/mol. The van der Waals surface area contributed by atoms with Crippen LogP contribution in [0.1, 0.15) is 34.6 Å². The summed E-state index contributed by atoms with van der Waals surface area (Å²) in [6.45, 7) is 12.6. The van der Waals surface area contributed by atoms with Crippen LogP contribution in [0.25, 0.3) is 11.1 Å². The number of hydrogen-bond donors (Lipinski definition) is 1. The zero-order valence-electron chi connectivity index (χ0n) is 13.0. The van der Waals surface area contributed by atoms with Gasteiger partial charge >= 0.3 is 12.7 Å². The van der Waals surface area contributed by atoms with E-state index in [1.807, 2.05) is 19.0 Å². The third-order valence-electron chi connectivity index (χ3n) is 4.19. The Labute approximate surface area is 119 Å². The minimum Gasteiger partial charge on any atom is -0.426 e. The van der Waals surface area contributed by atoms with E-state index in [0.717, 1.165) is 5.46 Å². The van der Waals surface area contributed by atoms with Crippen molar-refractivity contribution in [1.82, 2.24) is 4.98 Å². The fourth-order valence-electron chi connectivity index (χ4n) is 1.91. The standard InChI is InChI=1S/C15H22BNO3/c1-14(2,3)15(4,5)20-16(6)10-7-8-12-11(9-10)17-13(18)19-12/h7-9H,1-6H3,(H,17,18). The molecule has 0 radical (unpaired) electrons. The van der Waals surface area contributed by atoms with Crippen molar-refractivity contribution in [2.24, 2.45) is 5.41 Å². The van der Waals surface area contributed by atoms with Crippen molar-refractivity contribution in [1.29, 1.82) is 0 Å². The Hall–Kier alpha value is -1.49. The maximum Gasteiger partial charge on any atom is 0.417 e. The van der Waals surface area contributed by atoms with Crippen molar-refractivity contribution in [2.75, 3.05) is 0 Å². The molecule has 0 saturated heterocycles. The largest absolute Gasteiger partial charge is 0.426 e. The second kappa shape index (κ2) is 4.81. The van der Waals surface area contributed by atoms with E-state index in [-0.39, 0.29) is 17.9 Å². The van der Waals surface area contributed by atoms with Crippen LogP contribution in [0, 0.1) is 5.41 Å². The monoisotopic (exact) mass is 275 g/mol. The molecule has 5 heteroatoms. The van der Waals surface area contributed by atoms with Gasteiger partial charge in [0.2, 0.25) is 0 Å². The predicted octanol–water partition coefficient (Wildman–Crippen LogP) is 2.79. The highest BCUT2D eigenvalue weighted by Crippen LogP contribution is 2.33. The Balaban J connectivity index is 2.27. The molecule has 0 aliphatic heterocycles. The first-order chi connectivity index (χ1) is 9.10. The maximum absolute atomic E-state index is 11.2. The summed E-state index contributed by atoms with van der Waals surface area (Å²) in [5, 5.41) is 0. The van der Waals surface area contributed by atoms with Crippen LogP contribution in [0.5, 0.6) is 0 Å². The average molecular weight is 275 g/mol. The summed E-state index contributed by atoms with van der Waals surface area (Å²) in [5.41, 5.74) is 2.07. The SMILES string of the molecule is CB(OC(C)(C)C(C)(C)C)c1ccc2oc(=O)[nH]c2c1. The normalized spacial score (nSPS) is 12.9. The lowest BCUT2D eigenvalue weighted by atomic mass is 9.62. The predicted molar refractivity (Wildman–Crippen MR) is 82.7 cm³/mol. The van der Waals surface area contributed by atoms with Crippen LogP contribution >= 0.6 is 0 Å². The number of nitrogens with one attached hydrogen (secondary N) is 1. The number of rotatable bonds is 3. The molecule has 1 aromatic heterocycles. The van der Waals surface area contributed by atoms with E-state index < -0.39 is 5.76 Å². The minimum absolute atomic E-state index is 0.0370. The number of aromatic nitrogens is 1. The fraction of sp³-hybridized carbons (Fsp3) is 0.533. The summed E-state index contributed by atoms with van der Waals surface area (Å²) in [4.78, 5) is 13.8. The van der Waals surface area contributed by atoms with Gasteiger partial charge in [0.25, 0.3) is 0 Å². The van der Waals surface area contributed by atoms with Gasteiger partial charge in [0.1, 0.15) is 0 Å². The van der Waals surface area contributed by atoms with Crippen molar-refractivity contribution in [3.05, 3.63) is 28.7 Å². The summed E-state index contributed by atoms with van der Waals surface area (Å²) < 4.78 is 11.2. The molecule has 0 aliphatic rings. The van der Waals surface area contributed by atoms with Gasteiger partial charge in [-0.1, -0.05) is 33.7 Å². The van der Waals surface area contributed by atoms with Crippen molar-refractivity contribution in [3.8, 4) is 0 Å². The molecule has 1 aromatic carbocycles. The second-order valence-electron chi connectivity index (χ2n) is 6.79. The molecule has 0 fully saturated rings. The Morgan fingerprint density at radius 2 is 1.85 bits per heavy atom. The van der Waals surface area contributed by atoms with Crippen molar-refractivity contribution < 1.29 is 9.07 Å². The number of oxazole rings is 1. The quantitative estimate of drug-likeness (QED) is 0.876. The third kappa shape index (κ3) is 2.82. The Morgan fingerprint density at radius 1 is 1.20 bits per heavy atom. The van der Waals surface area contributed by atoms with E-state index in [0.29, 0.717) is 11.1 Å². The first kappa shape index (κ1) is 14.9. The van der Waals surface area contributed by atoms with Crippen LogP contribution in [0.15, 0.2) is 27.4 Å². The smallest absolute Gasteiger partial charge is 0.417 e. The molecule has 0 saturated carbocycles. The van der Waals surface area contributed by atoms with Crippen LogP contribution in [0.2, 0.25) is 6.82 Å². The summed E-state index contributed by atoms with van der Waals surface area (Å²) >= 11 is 0. The van der Waals surface area contributed by atoms with E-state index in [1.54, 1.807) is 6.07 Å². The Morgan fingerprint density at radius 3 is 2.45 bits per heavy atom. The average Bonchev–Trinajstić information content (AvgIpc) is 2.65. The molecule has 20 heavy (non-hydrogen) atoms. The Kier molecular flexibility index (Phi) is 3.59. The molecular formula is C15H22BNO3. The van der Waals surface area contributed by atoms with Crippen LogP contribution in [-0.4, -0.2) is 17.5 Å². The zero-order chi connectivity index (χ0) is 15.1. The first-order valence-electron chi connectivity index (χ1n) is 6.91. The lowest BCUT2D eigenvalue weighted by molar-refractivity contribution is 0.000453. The van der Waals surface area contributed by atoms with Gasteiger partial charge in [0.15, 0.2) is 5.58 Å². The highest BCUT2D eigenvalue weighted by Gasteiger charge is 2.36. The minimum atomic E-state index is -0.430. The lowest BCUT2D eigenvalue weighted by Crippen LogP contribution is -2.46. The van der Waals surface area contributed by atoms with Crippen LogP contribution in [0.4, 0.5) is 0 Å². The number of H-pyrrole nitrogens is 1. The highest BCUT2D eigenvalue weighted by atomic mass is 16.5. The molecule has 1 N–H and O–H groups in total. The van der Waals surface area contributed by atoms with Gasteiger partial charge in [0.05, 0.1) is 11.1 Å². The number of hydrogen-bond acceptors (Lipinski definition) is 3. The molecule has 2 rings (SSSR count). The summed E-state index contributed by atoms with van der Waals surface area (Å²) in [6, 6.07) is 5.64. The molecule has 2 aromatic rings. The molecule has 0 bridgehead atoms. The Bertz CT molecular complexity index is 664. The van der Waals surface area contributed by atoms with Gasteiger partial charge in [-0.25, -0.2) is 4.79 Å². The van der Waals surface area contributed by atoms with Gasteiger partial charge in [-0.3, -0.25) is 4.98 Å². The van der Waals surface area contributed by atoms with Gasteiger partial charge in [-0.05, 0) is 36.9 Å². The molecule has 0 amide bonds. The molecule has 108 valence electrons. The van der Waals surface area contributed by atoms with E-state index in [9.17, 15) is 4.79 Å². The molecule has 0 spiro atoms. The third-order valence-corrected chi connectivity index (χ3v) is 4.19. The lowest BCUT2D eigenvalue weighted by Gasteiger charge is -2.40. The topological polar surface area (TPSA) is 55.2 Å². The highest BCUT2D eigenvalue weighted by molar-refractivity contribution is 6.66. The van der Waals surface area contributed by atoms with Crippen molar-refractivity contribution >= 4 is 23.5 Å². The first-order valence-corrected chi connectivity index (χ1v) is 6.91. The van der Waals surface area contributed by atoms with Crippen LogP contribution in [0.3, 0.4) is 0 Å². The van der Waals surface area contributed by atoms with Gasteiger partial charge in [0, 0.05) is 0 Å². The van der Waals surface area contributed by atoms with E-state index in [1.165, 1.54) is 0 Å². The summed E-state index contributed by atoms with van der Waals surface area (Å²) in [7, 11) is 0. The summed E-state index contributed by atoms with van der Waals surface area (Å²) in [5.74, 6) is -0.430. The second-order valence-corrected chi connectivity index (χ2v) is 6.79. The number of fused-ring (bicyclic) bond motifs is 1. The van der Waals surface area contributed by atoms with Crippen LogP contribution < -0.4 is 11.2 Å². The molecule has 0 unspecified atom stereocenters. The molecule has 1 heterocycles. The van der Waals surface area contributed by atoms with Crippen LogP contribution in [-0.2, 0) is 4.65 Å². The zero-order valence-corrected chi connectivity index (χ0v) is 13.0. The molecule has 4 nitrogen and oxygen atoms in total. The van der Waals surface area contributed by atoms with Crippen molar-refractivity contribution in [2.45, 2.75) is 47.0 Å². The van der Waals surface area contributed by atoms with E-state index in [2.05, 4.69) is 39.6 Å².